The van der Waals surface area contributed by atoms with Crippen LogP contribution in [0.3, 0.4) is 0 Å². The van der Waals surface area contributed by atoms with Crippen LogP contribution in [-0.4, -0.2) is 31.0 Å². The molecule has 2 N–H and O–H groups in total. The molecule has 2 amide bonds. The van der Waals surface area contributed by atoms with Gasteiger partial charge in [-0.1, -0.05) is 24.3 Å². The third-order valence-corrected chi connectivity index (χ3v) is 6.79. The second-order valence-corrected chi connectivity index (χ2v) is 9.31. The molecule has 0 saturated heterocycles. The molecule has 1 unspecified atom stereocenters. The van der Waals surface area contributed by atoms with Crippen molar-refractivity contribution >= 4 is 28.4 Å². The van der Waals surface area contributed by atoms with E-state index < -0.39 is 17.6 Å². The first kappa shape index (κ1) is 26.0. The summed E-state index contributed by atoms with van der Waals surface area (Å²) in [5.41, 5.74) is 3.35. The van der Waals surface area contributed by atoms with Crippen LogP contribution in [0.5, 0.6) is 23.0 Å². The number of rotatable bonds is 6. The highest BCUT2D eigenvalue weighted by Gasteiger charge is 2.25. The molecule has 1 aromatic heterocycles. The van der Waals surface area contributed by atoms with Crippen LogP contribution < -0.4 is 24.8 Å². The lowest BCUT2D eigenvalue weighted by atomic mass is 9.88. The van der Waals surface area contributed by atoms with E-state index in [1.807, 2.05) is 24.3 Å². The molecule has 5 rings (SSSR count). The Morgan fingerprint density at radius 2 is 1.74 bits per heavy atom. The lowest BCUT2D eigenvalue weighted by Crippen LogP contribution is -2.38. The molecule has 1 heterocycles. The quantitative estimate of drug-likeness (QED) is 0.315. The largest absolute Gasteiger partial charge is 0.493 e. The Morgan fingerprint density at radius 1 is 0.974 bits per heavy atom. The number of hydrogen-bond acceptors (Lipinski definition) is 6. The first-order valence-corrected chi connectivity index (χ1v) is 12.6. The molecule has 1 aliphatic carbocycles. The summed E-state index contributed by atoms with van der Waals surface area (Å²) in [7, 11) is 3.05. The van der Waals surface area contributed by atoms with Crippen LogP contribution in [0.2, 0.25) is 0 Å². The number of ether oxygens (including phenoxy) is 3. The summed E-state index contributed by atoms with van der Waals surface area (Å²) in [6.07, 6.45) is 4.16. The summed E-state index contributed by atoms with van der Waals surface area (Å²) in [6, 6.07) is 15.3. The van der Waals surface area contributed by atoms with E-state index in [9.17, 15) is 9.59 Å². The van der Waals surface area contributed by atoms with Gasteiger partial charge in [0.15, 0.2) is 23.1 Å². The van der Waals surface area contributed by atoms with Crippen LogP contribution in [0.1, 0.15) is 35.6 Å². The fraction of sp³-hybridized carbons (Fsp3) is 0.233. The van der Waals surface area contributed by atoms with E-state index in [1.54, 1.807) is 37.4 Å². The second-order valence-electron chi connectivity index (χ2n) is 9.31. The van der Waals surface area contributed by atoms with Crippen molar-refractivity contribution < 1.29 is 28.2 Å². The SMILES string of the molecule is COc1cc2nccc(Oc3c(C)cc(NC(=O)C(=O)NC4CCCc5ccccc54)cc3F)c2cc1OC. The molecule has 3 aromatic carbocycles. The van der Waals surface area contributed by atoms with Gasteiger partial charge in [-0.3, -0.25) is 14.6 Å². The van der Waals surface area contributed by atoms with E-state index in [-0.39, 0.29) is 17.5 Å². The Bertz CT molecular complexity index is 1550. The zero-order valence-corrected chi connectivity index (χ0v) is 21.8. The molecular formula is C30H28FN3O5. The number of nitrogens with one attached hydrogen (secondary N) is 2. The highest BCUT2D eigenvalue weighted by atomic mass is 19.1. The third kappa shape index (κ3) is 5.34. The molecule has 4 aromatic rings. The van der Waals surface area contributed by atoms with Crippen LogP contribution in [-0.2, 0) is 16.0 Å². The van der Waals surface area contributed by atoms with E-state index in [0.29, 0.717) is 33.7 Å². The minimum Gasteiger partial charge on any atom is -0.493 e. The van der Waals surface area contributed by atoms with Gasteiger partial charge in [-0.2, -0.15) is 0 Å². The third-order valence-electron chi connectivity index (χ3n) is 6.79. The van der Waals surface area contributed by atoms with Gasteiger partial charge in [-0.25, -0.2) is 4.39 Å². The predicted octanol–water partition coefficient (Wildman–Crippen LogP) is 5.62. The van der Waals surface area contributed by atoms with Gasteiger partial charge in [-0.05, 0) is 61.1 Å². The lowest BCUT2D eigenvalue weighted by molar-refractivity contribution is -0.136. The van der Waals surface area contributed by atoms with Crippen LogP contribution in [0.15, 0.2) is 60.8 Å². The topological polar surface area (TPSA) is 98.8 Å². The minimum atomic E-state index is -0.869. The zero-order valence-electron chi connectivity index (χ0n) is 21.8. The molecule has 0 aliphatic heterocycles. The fourth-order valence-corrected chi connectivity index (χ4v) is 4.89. The number of nitrogens with zero attached hydrogens (tertiary/aromatic N) is 1. The van der Waals surface area contributed by atoms with Crippen molar-refractivity contribution in [2.75, 3.05) is 19.5 Å². The summed E-state index contributed by atoms with van der Waals surface area (Å²) in [4.78, 5) is 29.6. The maximum Gasteiger partial charge on any atom is 0.313 e. The molecule has 0 saturated carbocycles. The van der Waals surface area contributed by atoms with E-state index in [4.69, 9.17) is 14.2 Å². The first-order valence-electron chi connectivity index (χ1n) is 12.6. The summed E-state index contributed by atoms with van der Waals surface area (Å²) in [5, 5.41) is 5.91. The summed E-state index contributed by atoms with van der Waals surface area (Å²) < 4.78 is 31.9. The number of amides is 2. The van der Waals surface area contributed by atoms with Gasteiger partial charge in [-0.15, -0.1) is 0 Å². The fourth-order valence-electron chi connectivity index (χ4n) is 4.89. The standard InChI is InChI=1S/C30H28FN3O5/c1-17-13-19(33-29(35)30(36)34-23-10-6-8-18-7-4-5-9-20(18)23)14-22(31)28(17)39-25-11-12-32-24-16-27(38-3)26(37-2)15-21(24)25/h4-5,7,9,11-16,23H,6,8,10H2,1-3H3,(H,33,35)(H,34,36). The van der Waals surface area contributed by atoms with Crippen molar-refractivity contribution in [1.29, 1.82) is 0 Å². The van der Waals surface area contributed by atoms with Gasteiger partial charge in [0.2, 0.25) is 0 Å². The maximum atomic E-state index is 15.2. The van der Waals surface area contributed by atoms with Gasteiger partial charge in [0.1, 0.15) is 5.75 Å². The van der Waals surface area contributed by atoms with Gasteiger partial charge < -0.3 is 24.8 Å². The van der Waals surface area contributed by atoms with Crippen LogP contribution in [0, 0.1) is 12.7 Å². The molecule has 0 radical (unpaired) electrons. The number of benzene rings is 3. The Kier molecular flexibility index (Phi) is 7.31. The van der Waals surface area contributed by atoms with Gasteiger partial charge in [0, 0.05) is 29.4 Å². The maximum absolute atomic E-state index is 15.2. The number of methoxy groups -OCH3 is 2. The number of anilines is 1. The highest BCUT2D eigenvalue weighted by Crippen LogP contribution is 2.38. The monoisotopic (exact) mass is 529 g/mol. The summed E-state index contributed by atoms with van der Waals surface area (Å²) in [5.74, 6) is -1.00. The highest BCUT2D eigenvalue weighted by molar-refractivity contribution is 6.39. The van der Waals surface area contributed by atoms with E-state index >= 15 is 4.39 Å². The van der Waals surface area contributed by atoms with Crippen molar-refractivity contribution in [2.45, 2.75) is 32.2 Å². The van der Waals surface area contributed by atoms with Crippen molar-refractivity contribution in [3.05, 3.63) is 83.3 Å². The molecule has 39 heavy (non-hydrogen) atoms. The van der Waals surface area contributed by atoms with Crippen LogP contribution in [0.4, 0.5) is 10.1 Å². The molecule has 9 heteroatoms. The van der Waals surface area contributed by atoms with Gasteiger partial charge in [0.05, 0.1) is 25.8 Å². The lowest BCUT2D eigenvalue weighted by Gasteiger charge is -2.26. The van der Waals surface area contributed by atoms with Crippen LogP contribution >= 0.6 is 0 Å². The van der Waals surface area contributed by atoms with Crippen LogP contribution in [0.25, 0.3) is 10.9 Å². The van der Waals surface area contributed by atoms with E-state index in [2.05, 4.69) is 15.6 Å². The number of fused-ring (bicyclic) bond motifs is 2. The average molecular weight is 530 g/mol. The number of carbonyl (C=O) groups is 2. The second kappa shape index (κ2) is 11.0. The normalized spacial score (nSPS) is 14.3. The predicted molar refractivity (Wildman–Crippen MR) is 145 cm³/mol. The first-order chi connectivity index (χ1) is 18.9. The van der Waals surface area contributed by atoms with E-state index in [1.165, 1.54) is 19.8 Å². The molecule has 0 bridgehead atoms. The van der Waals surface area contributed by atoms with Gasteiger partial charge in [0.25, 0.3) is 0 Å². The molecule has 200 valence electrons. The molecule has 1 atom stereocenters. The number of aryl methyl sites for hydroxylation is 2. The number of aromatic nitrogens is 1. The molecule has 0 spiro atoms. The zero-order chi connectivity index (χ0) is 27.5. The smallest absolute Gasteiger partial charge is 0.313 e. The molecule has 1 aliphatic rings. The van der Waals surface area contributed by atoms with Gasteiger partial charge >= 0.3 is 11.8 Å². The summed E-state index contributed by atoms with van der Waals surface area (Å²) in [6.45, 7) is 1.65. The Morgan fingerprint density at radius 3 is 2.51 bits per heavy atom. The summed E-state index contributed by atoms with van der Waals surface area (Å²) >= 11 is 0. The Balaban J connectivity index is 1.32. The minimum absolute atomic E-state index is 0.0152. The average Bonchev–Trinajstić information content (AvgIpc) is 2.94. The molecule has 0 fully saturated rings. The number of pyridine rings is 1. The Hall–Kier alpha value is -4.66. The molecular weight excluding hydrogens is 501 g/mol. The number of hydrogen-bond donors (Lipinski definition) is 2. The van der Waals surface area contributed by atoms with Crippen molar-refractivity contribution in [3.63, 3.8) is 0 Å². The van der Waals surface area contributed by atoms with Crippen molar-refractivity contribution in [3.8, 4) is 23.0 Å². The number of halogens is 1. The van der Waals surface area contributed by atoms with Crippen molar-refractivity contribution in [1.82, 2.24) is 10.3 Å². The van der Waals surface area contributed by atoms with E-state index in [0.717, 1.165) is 30.9 Å². The molecule has 8 nitrogen and oxygen atoms in total. The van der Waals surface area contributed by atoms with Crippen molar-refractivity contribution in [2.24, 2.45) is 0 Å². The Labute approximate surface area is 225 Å². The number of carbonyl (C=O) groups excluding carboxylic acids is 2.